The van der Waals surface area contributed by atoms with Crippen molar-refractivity contribution in [2.24, 2.45) is 7.05 Å². The zero-order valence-electron chi connectivity index (χ0n) is 14.9. The third-order valence-electron chi connectivity index (χ3n) is 4.67. The van der Waals surface area contributed by atoms with E-state index in [4.69, 9.17) is 4.52 Å². The third-order valence-corrected chi connectivity index (χ3v) is 4.67. The number of carbonyl (C=O) groups excluding carboxylic acids is 1. The van der Waals surface area contributed by atoms with E-state index in [2.05, 4.69) is 25.8 Å². The number of carbonyl (C=O) groups is 1. The molecule has 0 aliphatic carbocycles. The van der Waals surface area contributed by atoms with Gasteiger partial charge < -0.3 is 9.84 Å². The van der Waals surface area contributed by atoms with Gasteiger partial charge in [0.15, 0.2) is 0 Å². The lowest BCUT2D eigenvalue weighted by Gasteiger charge is -2.08. The van der Waals surface area contributed by atoms with E-state index >= 15 is 0 Å². The number of hydrogen-bond donors (Lipinski definition) is 2. The normalized spacial score (nSPS) is 11.4. The highest BCUT2D eigenvalue weighted by Crippen LogP contribution is 2.29. The molecule has 5 rings (SSSR count). The van der Waals surface area contributed by atoms with Crippen LogP contribution in [0.2, 0.25) is 0 Å². The zero-order valence-corrected chi connectivity index (χ0v) is 14.9. The molecule has 0 aliphatic heterocycles. The van der Waals surface area contributed by atoms with Gasteiger partial charge in [0.1, 0.15) is 34.8 Å². The fraction of sp³-hybridized carbons (Fsp3) is 0.0526. The van der Waals surface area contributed by atoms with Crippen LogP contribution in [-0.4, -0.2) is 31.0 Å². The second kappa shape index (κ2) is 6.23. The SMILES string of the molecule is Cn1ncc2c(F)c(C(=O)Nc3ccc4[nH]nc(-c5ccon5)c4c3)c(F)cc21. The lowest BCUT2D eigenvalue weighted by atomic mass is 10.1. The van der Waals surface area contributed by atoms with E-state index in [-0.39, 0.29) is 10.9 Å². The molecule has 0 bridgehead atoms. The standard InChI is InChI=1S/C19H12F2N6O2/c1-27-15-7-12(20)16(17(21)11(15)8-22-27)19(28)23-9-2-3-13-10(6-9)18(25-24-13)14-4-5-29-26-14/h2-8H,1H3,(H,23,28)(H,24,25). The Morgan fingerprint density at radius 1 is 1.21 bits per heavy atom. The van der Waals surface area contributed by atoms with Crippen molar-refractivity contribution in [1.82, 2.24) is 25.1 Å². The maximum Gasteiger partial charge on any atom is 0.261 e. The molecule has 5 aromatic rings. The van der Waals surface area contributed by atoms with Gasteiger partial charge in [0, 0.05) is 30.3 Å². The topological polar surface area (TPSA) is 102 Å². The van der Waals surface area contributed by atoms with Gasteiger partial charge in [-0.3, -0.25) is 14.6 Å². The number of rotatable bonds is 3. The average Bonchev–Trinajstić information content (AvgIpc) is 3.42. The molecule has 3 aromatic heterocycles. The highest BCUT2D eigenvalue weighted by Gasteiger charge is 2.22. The quantitative estimate of drug-likeness (QED) is 0.487. The summed E-state index contributed by atoms with van der Waals surface area (Å²) in [5, 5.41) is 18.1. The molecule has 2 N–H and O–H groups in total. The Bertz CT molecular complexity index is 1390. The van der Waals surface area contributed by atoms with Crippen LogP contribution in [-0.2, 0) is 7.05 Å². The van der Waals surface area contributed by atoms with E-state index in [0.717, 1.165) is 6.07 Å². The predicted octanol–water partition coefficient (Wildman–Crippen LogP) is 3.64. The fourth-order valence-electron chi connectivity index (χ4n) is 3.24. The van der Waals surface area contributed by atoms with Crippen molar-refractivity contribution in [2.45, 2.75) is 0 Å². The van der Waals surface area contributed by atoms with Crippen LogP contribution in [0.4, 0.5) is 14.5 Å². The molecule has 3 heterocycles. The molecule has 2 aromatic carbocycles. The summed E-state index contributed by atoms with van der Waals surface area (Å²) in [6.07, 6.45) is 2.67. The van der Waals surface area contributed by atoms with Crippen LogP contribution in [0.3, 0.4) is 0 Å². The van der Waals surface area contributed by atoms with Crippen molar-refractivity contribution in [3.63, 3.8) is 0 Å². The Morgan fingerprint density at radius 3 is 2.86 bits per heavy atom. The van der Waals surface area contributed by atoms with E-state index in [1.165, 1.54) is 17.1 Å². The van der Waals surface area contributed by atoms with Crippen molar-refractivity contribution >= 4 is 33.4 Å². The number of anilines is 1. The minimum Gasteiger partial charge on any atom is -0.364 e. The zero-order chi connectivity index (χ0) is 20.1. The Balaban J connectivity index is 1.53. The lowest BCUT2D eigenvalue weighted by Crippen LogP contribution is -2.16. The average molecular weight is 394 g/mol. The maximum absolute atomic E-state index is 14.8. The first-order chi connectivity index (χ1) is 14.0. The van der Waals surface area contributed by atoms with Gasteiger partial charge >= 0.3 is 0 Å². The van der Waals surface area contributed by atoms with E-state index < -0.39 is 23.1 Å². The van der Waals surface area contributed by atoms with Crippen molar-refractivity contribution < 1.29 is 18.1 Å². The molecular weight excluding hydrogens is 382 g/mol. The van der Waals surface area contributed by atoms with Gasteiger partial charge in [-0.25, -0.2) is 8.78 Å². The fourth-order valence-corrected chi connectivity index (χ4v) is 3.24. The molecule has 29 heavy (non-hydrogen) atoms. The van der Waals surface area contributed by atoms with Crippen LogP contribution >= 0.6 is 0 Å². The van der Waals surface area contributed by atoms with Crippen LogP contribution < -0.4 is 5.32 Å². The number of benzene rings is 2. The molecule has 1 amide bonds. The summed E-state index contributed by atoms with van der Waals surface area (Å²) in [7, 11) is 1.56. The molecule has 0 aliphatic rings. The molecule has 8 nitrogen and oxygen atoms in total. The van der Waals surface area contributed by atoms with Gasteiger partial charge in [-0.2, -0.15) is 10.2 Å². The predicted molar refractivity (Wildman–Crippen MR) is 100 cm³/mol. The Kier molecular flexibility index (Phi) is 3.66. The number of nitrogens with one attached hydrogen (secondary N) is 2. The second-order valence-electron chi connectivity index (χ2n) is 6.42. The second-order valence-corrected chi connectivity index (χ2v) is 6.42. The molecule has 0 unspecified atom stereocenters. The highest BCUT2D eigenvalue weighted by atomic mass is 19.1. The van der Waals surface area contributed by atoms with Crippen molar-refractivity contribution in [3.8, 4) is 11.4 Å². The minimum absolute atomic E-state index is 0.0673. The number of aromatic amines is 1. The number of H-pyrrole nitrogens is 1. The summed E-state index contributed by atoms with van der Waals surface area (Å²) in [5.74, 6) is -2.83. The first kappa shape index (κ1) is 17.0. The number of halogens is 2. The van der Waals surface area contributed by atoms with Crippen LogP contribution in [0.25, 0.3) is 33.2 Å². The molecular formula is C19H12F2N6O2. The molecule has 0 spiro atoms. The van der Waals surface area contributed by atoms with Gasteiger partial charge in [-0.05, 0) is 18.2 Å². The number of hydrogen-bond acceptors (Lipinski definition) is 5. The smallest absolute Gasteiger partial charge is 0.261 e. The number of amides is 1. The van der Waals surface area contributed by atoms with Crippen molar-refractivity contribution in [2.75, 3.05) is 5.32 Å². The van der Waals surface area contributed by atoms with Gasteiger partial charge in [-0.15, -0.1) is 0 Å². The van der Waals surface area contributed by atoms with Gasteiger partial charge in [0.2, 0.25) is 0 Å². The summed E-state index contributed by atoms with van der Waals surface area (Å²) in [5.41, 5.74) is 1.68. The van der Waals surface area contributed by atoms with Crippen LogP contribution in [0.1, 0.15) is 10.4 Å². The molecule has 10 heteroatoms. The summed E-state index contributed by atoms with van der Waals surface area (Å²) in [4.78, 5) is 12.6. The van der Waals surface area contributed by atoms with Crippen molar-refractivity contribution in [3.05, 3.63) is 60.0 Å². The molecule has 0 atom stereocenters. The molecule has 0 saturated heterocycles. The summed E-state index contributed by atoms with van der Waals surface area (Å²) in [6.45, 7) is 0. The van der Waals surface area contributed by atoms with E-state index in [1.54, 1.807) is 31.3 Å². The summed E-state index contributed by atoms with van der Waals surface area (Å²) < 4.78 is 35.4. The Labute approximate surface area is 161 Å². The Morgan fingerprint density at radius 2 is 2.07 bits per heavy atom. The number of aryl methyl sites for hydroxylation is 1. The monoisotopic (exact) mass is 394 g/mol. The molecule has 0 fully saturated rings. The molecule has 0 saturated carbocycles. The summed E-state index contributed by atoms with van der Waals surface area (Å²) in [6, 6.07) is 7.66. The largest absolute Gasteiger partial charge is 0.364 e. The third kappa shape index (κ3) is 2.64. The van der Waals surface area contributed by atoms with Crippen LogP contribution in [0, 0.1) is 11.6 Å². The van der Waals surface area contributed by atoms with Gasteiger partial charge in [0.25, 0.3) is 5.91 Å². The van der Waals surface area contributed by atoms with Gasteiger partial charge in [0.05, 0.1) is 22.6 Å². The maximum atomic E-state index is 14.8. The molecule has 0 radical (unpaired) electrons. The van der Waals surface area contributed by atoms with Crippen molar-refractivity contribution in [1.29, 1.82) is 0 Å². The molecule has 144 valence electrons. The lowest BCUT2D eigenvalue weighted by molar-refractivity contribution is 0.101. The Hall–Kier alpha value is -4.08. The number of fused-ring (bicyclic) bond motifs is 2. The number of aromatic nitrogens is 5. The summed E-state index contributed by atoms with van der Waals surface area (Å²) >= 11 is 0. The van der Waals surface area contributed by atoms with E-state index in [9.17, 15) is 13.6 Å². The first-order valence-corrected chi connectivity index (χ1v) is 8.53. The van der Waals surface area contributed by atoms with E-state index in [1.807, 2.05) is 0 Å². The van der Waals surface area contributed by atoms with Crippen LogP contribution in [0.15, 0.2) is 47.3 Å². The van der Waals surface area contributed by atoms with Crippen LogP contribution in [0.5, 0.6) is 0 Å². The highest BCUT2D eigenvalue weighted by molar-refractivity contribution is 6.08. The number of nitrogens with zero attached hydrogens (tertiary/aromatic N) is 4. The van der Waals surface area contributed by atoms with Gasteiger partial charge in [-0.1, -0.05) is 5.16 Å². The van der Waals surface area contributed by atoms with E-state index in [0.29, 0.717) is 28.0 Å². The minimum atomic E-state index is -0.969. The first-order valence-electron chi connectivity index (χ1n) is 8.53.